The summed E-state index contributed by atoms with van der Waals surface area (Å²) in [7, 11) is -3.41. The van der Waals surface area contributed by atoms with Gasteiger partial charge in [-0.25, -0.2) is 8.42 Å². The lowest BCUT2D eigenvalue weighted by Crippen LogP contribution is -2.49. The van der Waals surface area contributed by atoms with Gasteiger partial charge < -0.3 is 9.88 Å². The number of piperazine rings is 1. The van der Waals surface area contributed by atoms with Crippen molar-refractivity contribution >= 4 is 20.9 Å². The first-order valence-electron chi connectivity index (χ1n) is 9.80. The molecule has 1 aliphatic rings. The minimum Gasteiger partial charge on any atom is -0.361 e. The first kappa shape index (κ1) is 19.2. The normalized spacial score (nSPS) is 16.6. The molecule has 0 saturated carbocycles. The van der Waals surface area contributed by atoms with Crippen molar-refractivity contribution in [1.29, 1.82) is 0 Å². The van der Waals surface area contributed by atoms with Gasteiger partial charge in [0.1, 0.15) is 0 Å². The van der Waals surface area contributed by atoms with Crippen molar-refractivity contribution in [2.75, 3.05) is 32.7 Å². The molecule has 0 unspecified atom stereocenters. The largest absolute Gasteiger partial charge is 0.361 e. The van der Waals surface area contributed by atoms with Crippen LogP contribution in [-0.2, 0) is 16.4 Å². The third kappa shape index (κ3) is 3.72. The standard InChI is InChI=1S/C22H27N3O2S/c1-17-7-8-20(15-18(17)2)28(26,27)25-13-11-24(12-14-25)10-9-19-16-23-22-6-4-3-5-21(19)22/h3-8,15-16,23H,9-14H2,1-2H3. The molecule has 0 bridgehead atoms. The van der Waals surface area contributed by atoms with E-state index in [2.05, 4.69) is 34.3 Å². The topological polar surface area (TPSA) is 56.4 Å². The van der Waals surface area contributed by atoms with Crippen molar-refractivity contribution in [3.63, 3.8) is 0 Å². The van der Waals surface area contributed by atoms with Crippen molar-refractivity contribution in [3.8, 4) is 0 Å². The molecule has 1 N–H and O–H groups in total. The number of fused-ring (bicyclic) bond motifs is 1. The molecular weight excluding hydrogens is 370 g/mol. The Morgan fingerprint density at radius 1 is 0.964 bits per heavy atom. The number of hydrogen-bond acceptors (Lipinski definition) is 3. The van der Waals surface area contributed by atoms with Crippen LogP contribution in [0.4, 0.5) is 0 Å². The zero-order chi connectivity index (χ0) is 19.7. The molecule has 6 heteroatoms. The van der Waals surface area contributed by atoms with Crippen LogP contribution in [-0.4, -0.2) is 55.3 Å². The number of aromatic amines is 1. The summed E-state index contributed by atoms with van der Waals surface area (Å²) in [5.41, 5.74) is 4.61. The Hall–Kier alpha value is -2.15. The smallest absolute Gasteiger partial charge is 0.243 e. The van der Waals surface area contributed by atoms with E-state index in [4.69, 9.17) is 0 Å². The molecule has 1 saturated heterocycles. The van der Waals surface area contributed by atoms with Gasteiger partial charge in [0.05, 0.1) is 4.90 Å². The van der Waals surface area contributed by atoms with Crippen molar-refractivity contribution in [2.24, 2.45) is 0 Å². The lowest BCUT2D eigenvalue weighted by molar-refractivity contribution is 0.190. The maximum Gasteiger partial charge on any atom is 0.243 e. The molecule has 0 amide bonds. The summed E-state index contributed by atoms with van der Waals surface area (Å²) in [4.78, 5) is 6.08. The summed E-state index contributed by atoms with van der Waals surface area (Å²) < 4.78 is 27.5. The van der Waals surface area contributed by atoms with E-state index >= 15 is 0 Å². The highest BCUT2D eigenvalue weighted by Crippen LogP contribution is 2.21. The third-order valence-corrected chi connectivity index (χ3v) is 7.71. The monoisotopic (exact) mass is 397 g/mol. The number of aromatic nitrogens is 1. The predicted octanol–water partition coefficient (Wildman–Crippen LogP) is 3.33. The SMILES string of the molecule is Cc1ccc(S(=O)(=O)N2CCN(CCc3c[nH]c4ccccc34)CC2)cc1C. The lowest BCUT2D eigenvalue weighted by atomic mass is 10.1. The van der Waals surface area contributed by atoms with E-state index in [-0.39, 0.29) is 0 Å². The molecule has 2 heterocycles. The number of nitrogens with zero attached hydrogens (tertiary/aromatic N) is 2. The van der Waals surface area contributed by atoms with E-state index in [0.29, 0.717) is 18.0 Å². The van der Waals surface area contributed by atoms with Gasteiger partial charge in [0, 0.05) is 49.8 Å². The number of sulfonamides is 1. The van der Waals surface area contributed by atoms with Crippen LogP contribution < -0.4 is 0 Å². The van der Waals surface area contributed by atoms with Crippen LogP contribution in [0.3, 0.4) is 0 Å². The Kier molecular flexibility index (Phi) is 5.27. The Morgan fingerprint density at radius 2 is 1.71 bits per heavy atom. The molecule has 0 atom stereocenters. The second-order valence-corrected chi connectivity index (χ2v) is 9.54. The summed E-state index contributed by atoms with van der Waals surface area (Å²) in [6.07, 6.45) is 3.05. The fourth-order valence-electron chi connectivity index (χ4n) is 3.83. The Balaban J connectivity index is 1.37. The van der Waals surface area contributed by atoms with Gasteiger partial charge in [-0.05, 0) is 55.2 Å². The first-order chi connectivity index (χ1) is 13.4. The summed E-state index contributed by atoms with van der Waals surface area (Å²) in [5, 5.41) is 1.28. The van der Waals surface area contributed by atoms with E-state index in [1.165, 1.54) is 16.5 Å². The van der Waals surface area contributed by atoms with E-state index in [1.807, 2.05) is 26.0 Å². The van der Waals surface area contributed by atoms with Gasteiger partial charge in [-0.2, -0.15) is 4.31 Å². The Labute approximate surface area is 167 Å². The molecule has 1 fully saturated rings. The van der Waals surface area contributed by atoms with Gasteiger partial charge in [-0.1, -0.05) is 24.3 Å². The highest BCUT2D eigenvalue weighted by molar-refractivity contribution is 7.89. The number of aryl methyl sites for hydroxylation is 2. The molecule has 28 heavy (non-hydrogen) atoms. The van der Waals surface area contributed by atoms with Crippen molar-refractivity contribution in [2.45, 2.75) is 25.2 Å². The number of rotatable bonds is 5. The average Bonchev–Trinajstić information content (AvgIpc) is 3.12. The summed E-state index contributed by atoms with van der Waals surface area (Å²) >= 11 is 0. The highest BCUT2D eigenvalue weighted by atomic mass is 32.2. The minimum atomic E-state index is -3.41. The minimum absolute atomic E-state index is 0.405. The van der Waals surface area contributed by atoms with Gasteiger partial charge in [0.15, 0.2) is 0 Å². The van der Waals surface area contributed by atoms with Crippen LogP contribution in [0, 0.1) is 13.8 Å². The summed E-state index contributed by atoms with van der Waals surface area (Å²) in [5.74, 6) is 0. The van der Waals surface area contributed by atoms with Gasteiger partial charge >= 0.3 is 0 Å². The van der Waals surface area contributed by atoms with Gasteiger partial charge in [0.2, 0.25) is 10.0 Å². The zero-order valence-electron chi connectivity index (χ0n) is 16.5. The fourth-order valence-corrected chi connectivity index (χ4v) is 5.34. The molecule has 3 aromatic rings. The average molecular weight is 398 g/mol. The molecule has 2 aromatic carbocycles. The van der Waals surface area contributed by atoms with E-state index < -0.39 is 10.0 Å². The maximum atomic E-state index is 13.0. The number of H-pyrrole nitrogens is 1. The number of benzene rings is 2. The van der Waals surface area contributed by atoms with Crippen LogP contribution in [0.15, 0.2) is 53.6 Å². The van der Waals surface area contributed by atoms with E-state index in [0.717, 1.165) is 37.2 Å². The number of para-hydroxylation sites is 1. The number of nitrogens with one attached hydrogen (secondary N) is 1. The molecule has 0 spiro atoms. The fraction of sp³-hybridized carbons (Fsp3) is 0.364. The molecule has 5 nitrogen and oxygen atoms in total. The van der Waals surface area contributed by atoms with Crippen molar-refractivity contribution in [3.05, 3.63) is 65.4 Å². The second-order valence-electron chi connectivity index (χ2n) is 7.60. The molecule has 4 rings (SSSR count). The van der Waals surface area contributed by atoms with Gasteiger partial charge in [0.25, 0.3) is 0 Å². The predicted molar refractivity (Wildman–Crippen MR) is 113 cm³/mol. The quantitative estimate of drug-likeness (QED) is 0.718. The van der Waals surface area contributed by atoms with Crippen LogP contribution in [0.2, 0.25) is 0 Å². The highest BCUT2D eigenvalue weighted by Gasteiger charge is 2.28. The molecule has 0 radical (unpaired) electrons. The van der Waals surface area contributed by atoms with Gasteiger partial charge in [-0.15, -0.1) is 0 Å². The molecule has 1 aliphatic heterocycles. The van der Waals surface area contributed by atoms with Crippen LogP contribution in [0.1, 0.15) is 16.7 Å². The Morgan fingerprint density at radius 3 is 2.46 bits per heavy atom. The first-order valence-corrected chi connectivity index (χ1v) is 11.2. The van der Waals surface area contributed by atoms with Crippen LogP contribution in [0.5, 0.6) is 0 Å². The zero-order valence-corrected chi connectivity index (χ0v) is 17.3. The van der Waals surface area contributed by atoms with Crippen LogP contribution in [0.25, 0.3) is 10.9 Å². The second kappa shape index (κ2) is 7.70. The van der Waals surface area contributed by atoms with Crippen molar-refractivity contribution < 1.29 is 8.42 Å². The lowest BCUT2D eigenvalue weighted by Gasteiger charge is -2.34. The molecule has 0 aliphatic carbocycles. The number of hydrogen-bond donors (Lipinski definition) is 1. The third-order valence-electron chi connectivity index (χ3n) is 5.82. The summed E-state index contributed by atoms with van der Waals surface area (Å²) in [6, 6.07) is 13.7. The summed E-state index contributed by atoms with van der Waals surface area (Å²) in [6.45, 7) is 7.53. The van der Waals surface area contributed by atoms with E-state index in [9.17, 15) is 8.42 Å². The van der Waals surface area contributed by atoms with Gasteiger partial charge in [-0.3, -0.25) is 0 Å². The molecule has 148 valence electrons. The van der Waals surface area contributed by atoms with Crippen molar-refractivity contribution in [1.82, 2.24) is 14.2 Å². The van der Waals surface area contributed by atoms with E-state index in [1.54, 1.807) is 16.4 Å². The molecule has 1 aromatic heterocycles. The van der Waals surface area contributed by atoms with Crippen LogP contribution >= 0.6 is 0 Å². The maximum absolute atomic E-state index is 13.0. The Bertz CT molecular complexity index is 1080. The molecular formula is C22H27N3O2S.